The molecule has 0 aromatic heterocycles. The Morgan fingerprint density at radius 2 is 1.93 bits per heavy atom. The summed E-state index contributed by atoms with van der Waals surface area (Å²) in [4.78, 5) is 24.6. The molecule has 1 amide bonds. The van der Waals surface area contributed by atoms with Gasteiger partial charge >= 0.3 is 5.97 Å². The number of carbonyl (C=O) groups is 2. The van der Waals surface area contributed by atoms with Crippen LogP contribution in [0.5, 0.6) is 5.75 Å². The summed E-state index contributed by atoms with van der Waals surface area (Å²) in [5.41, 5.74) is 1.03. The molecule has 2 aromatic carbocycles. The average Bonchev–Trinajstić information content (AvgIpc) is 2.89. The Hall–Kier alpha value is -2.71. The minimum Gasteiger partial charge on any atom is -0.488 e. The molecule has 0 unspecified atom stereocenters. The van der Waals surface area contributed by atoms with Crippen molar-refractivity contribution in [2.24, 2.45) is 0 Å². The normalized spacial score (nSPS) is 15.4. The van der Waals surface area contributed by atoms with Crippen LogP contribution in [0.4, 0.5) is 4.39 Å². The first-order valence-corrected chi connectivity index (χ1v) is 9.10. The molecular formula is C19H14FNO4S2. The second kappa shape index (κ2) is 8.32. The van der Waals surface area contributed by atoms with Gasteiger partial charge in [0, 0.05) is 11.1 Å². The van der Waals surface area contributed by atoms with Crippen LogP contribution in [-0.2, 0) is 16.2 Å². The number of rotatable bonds is 6. The maximum Gasteiger partial charge on any atom is 0.323 e. The lowest BCUT2D eigenvalue weighted by Crippen LogP contribution is -2.33. The molecule has 0 aliphatic carbocycles. The fourth-order valence-corrected chi connectivity index (χ4v) is 3.66. The van der Waals surface area contributed by atoms with Gasteiger partial charge in [0.25, 0.3) is 5.91 Å². The molecule has 5 nitrogen and oxygen atoms in total. The van der Waals surface area contributed by atoms with E-state index in [1.165, 1.54) is 6.07 Å². The molecule has 2 aromatic rings. The SMILES string of the molecule is O=C(O)CN1C(=O)C(=Cc2ccccc2OCc2ccccc2F)SC1=S. The number of thioether (sulfide) groups is 1. The van der Waals surface area contributed by atoms with Crippen LogP contribution in [0.1, 0.15) is 11.1 Å². The lowest BCUT2D eigenvalue weighted by molar-refractivity contribution is -0.140. The van der Waals surface area contributed by atoms with Gasteiger partial charge in [-0.25, -0.2) is 4.39 Å². The lowest BCUT2D eigenvalue weighted by Gasteiger charge is -2.11. The van der Waals surface area contributed by atoms with E-state index in [1.54, 1.807) is 48.5 Å². The molecular weight excluding hydrogens is 389 g/mol. The molecule has 1 aliphatic rings. The second-order valence-corrected chi connectivity index (χ2v) is 7.26. The molecule has 138 valence electrons. The molecule has 0 saturated carbocycles. The summed E-state index contributed by atoms with van der Waals surface area (Å²) in [5.74, 6) is -1.48. The summed E-state index contributed by atoms with van der Waals surface area (Å²) in [6.07, 6.45) is 1.60. The molecule has 0 spiro atoms. The van der Waals surface area contributed by atoms with E-state index in [4.69, 9.17) is 22.1 Å². The Bertz CT molecular complexity index is 945. The predicted molar refractivity (Wildman–Crippen MR) is 105 cm³/mol. The molecule has 3 rings (SSSR count). The van der Waals surface area contributed by atoms with E-state index in [0.29, 0.717) is 21.8 Å². The maximum absolute atomic E-state index is 13.8. The van der Waals surface area contributed by atoms with Crippen molar-refractivity contribution in [2.75, 3.05) is 6.54 Å². The summed E-state index contributed by atoms with van der Waals surface area (Å²) in [6.45, 7) is -0.440. The fraction of sp³-hybridized carbons (Fsp3) is 0.105. The Morgan fingerprint density at radius 1 is 1.22 bits per heavy atom. The molecule has 1 N–H and O–H groups in total. The Balaban J connectivity index is 1.81. The number of carboxylic acids is 1. The minimum absolute atomic E-state index is 0.0392. The van der Waals surface area contributed by atoms with Gasteiger partial charge in [0.2, 0.25) is 0 Å². The van der Waals surface area contributed by atoms with E-state index in [0.717, 1.165) is 16.7 Å². The lowest BCUT2D eigenvalue weighted by atomic mass is 10.1. The van der Waals surface area contributed by atoms with Gasteiger partial charge in [0.1, 0.15) is 29.0 Å². The summed E-state index contributed by atoms with van der Waals surface area (Å²) < 4.78 is 19.7. The Kier molecular flexibility index (Phi) is 5.88. The van der Waals surface area contributed by atoms with Gasteiger partial charge < -0.3 is 9.84 Å². The first kappa shape index (κ1) is 19.1. The van der Waals surface area contributed by atoms with Crippen LogP contribution in [-0.4, -0.2) is 32.7 Å². The standard InChI is InChI=1S/C19H14FNO4S2/c20-14-7-3-1-6-13(14)11-25-15-8-4-2-5-12(15)9-16-18(24)21(10-17(22)23)19(26)27-16/h1-9H,10-11H2,(H,22,23). The van der Waals surface area contributed by atoms with Crippen molar-refractivity contribution in [3.8, 4) is 5.75 Å². The van der Waals surface area contributed by atoms with Crippen LogP contribution < -0.4 is 4.74 Å². The van der Waals surface area contributed by atoms with Gasteiger partial charge in [-0.1, -0.05) is 60.4 Å². The molecule has 0 atom stereocenters. The van der Waals surface area contributed by atoms with Gasteiger partial charge in [-0.05, 0) is 18.2 Å². The van der Waals surface area contributed by atoms with Crippen molar-refractivity contribution >= 4 is 46.3 Å². The van der Waals surface area contributed by atoms with Gasteiger partial charge in [-0.3, -0.25) is 14.5 Å². The molecule has 27 heavy (non-hydrogen) atoms. The summed E-state index contributed by atoms with van der Waals surface area (Å²) in [6, 6.07) is 13.3. The minimum atomic E-state index is -1.14. The van der Waals surface area contributed by atoms with Crippen LogP contribution in [0, 0.1) is 5.82 Å². The van der Waals surface area contributed by atoms with Crippen molar-refractivity contribution in [2.45, 2.75) is 6.61 Å². The molecule has 8 heteroatoms. The molecule has 0 bridgehead atoms. The van der Waals surface area contributed by atoms with E-state index in [-0.39, 0.29) is 16.7 Å². The van der Waals surface area contributed by atoms with Crippen LogP contribution in [0.25, 0.3) is 6.08 Å². The zero-order valence-corrected chi connectivity index (χ0v) is 15.6. The number of para-hydroxylation sites is 1. The molecule has 1 heterocycles. The van der Waals surface area contributed by atoms with Crippen molar-refractivity contribution < 1.29 is 23.8 Å². The van der Waals surface area contributed by atoms with Crippen molar-refractivity contribution in [3.63, 3.8) is 0 Å². The maximum atomic E-state index is 13.8. The van der Waals surface area contributed by atoms with Gasteiger partial charge in [-0.15, -0.1) is 0 Å². The quantitative estimate of drug-likeness (QED) is 0.586. The van der Waals surface area contributed by atoms with Crippen LogP contribution in [0.2, 0.25) is 0 Å². The third-order valence-corrected chi connectivity index (χ3v) is 5.09. The zero-order chi connectivity index (χ0) is 19.4. The molecule has 1 fully saturated rings. The highest BCUT2D eigenvalue weighted by atomic mass is 32.2. The number of aliphatic carboxylic acids is 1. The number of carboxylic acid groups (broad SMARTS) is 1. The van der Waals surface area contributed by atoms with Crippen molar-refractivity contribution in [1.29, 1.82) is 0 Å². The third-order valence-electron chi connectivity index (χ3n) is 3.71. The monoisotopic (exact) mass is 403 g/mol. The van der Waals surface area contributed by atoms with Gasteiger partial charge in [-0.2, -0.15) is 0 Å². The zero-order valence-electron chi connectivity index (χ0n) is 13.9. The van der Waals surface area contributed by atoms with E-state index >= 15 is 0 Å². The van der Waals surface area contributed by atoms with Crippen LogP contribution in [0.15, 0.2) is 53.4 Å². The average molecular weight is 403 g/mol. The van der Waals surface area contributed by atoms with E-state index in [2.05, 4.69) is 0 Å². The van der Waals surface area contributed by atoms with Crippen LogP contribution >= 0.6 is 24.0 Å². The second-order valence-electron chi connectivity index (χ2n) is 5.58. The molecule has 1 saturated heterocycles. The van der Waals surface area contributed by atoms with Crippen LogP contribution in [0.3, 0.4) is 0 Å². The van der Waals surface area contributed by atoms with E-state index in [1.807, 2.05) is 0 Å². The van der Waals surface area contributed by atoms with Crippen molar-refractivity contribution in [1.82, 2.24) is 4.90 Å². The Labute approximate surface area is 164 Å². The fourth-order valence-electron chi connectivity index (χ4n) is 2.41. The largest absolute Gasteiger partial charge is 0.488 e. The summed E-state index contributed by atoms with van der Waals surface area (Å²) in [5, 5.41) is 8.90. The number of benzene rings is 2. The van der Waals surface area contributed by atoms with Gasteiger partial charge in [0.15, 0.2) is 0 Å². The number of hydrogen-bond acceptors (Lipinski definition) is 5. The highest BCUT2D eigenvalue weighted by Crippen LogP contribution is 2.34. The summed E-state index contributed by atoms with van der Waals surface area (Å²) in [7, 11) is 0. The van der Waals surface area contributed by atoms with E-state index < -0.39 is 18.4 Å². The highest BCUT2D eigenvalue weighted by molar-refractivity contribution is 8.26. The number of ether oxygens (including phenoxy) is 1. The predicted octanol–water partition coefficient (Wildman–Crippen LogP) is 3.69. The first-order chi connectivity index (χ1) is 13.0. The first-order valence-electron chi connectivity index (χ1n) is 7.88. The molecule has 1 aliphatic heterocycles. The number of halogens is 1. The number of hydrogen-bond donors (Lipinski definition) is 1. The number of thiocarbonyl (C=S) groups is 1. The number of nitrogens with zero attached hydrogens (tertiary/aromatic N) is 1. The van der Waals surface area contributed by atoms with Crippen molar-refractivity contribution in [3.05, 3.63) is 70.4 Å². The Morgan fingerprint density at radius 3 is 2.67 bits per heavy atom. The molecule has 0 radical (unpaired) electrons. The van der Waals surface area contributed by atoms with E-state index in [9.17, 15) is 14.0 Å². The number of amides is 1. The third kappa shape index (κ3) is 4.53. The smallest absolute Gasteiger partial charge is 0.323 e. The summed E-state index contributed by atoms with van der Waals surface area (Å²) >= 11 is 6.12. The highest BCUT2D eigenvalue weighted by Gasteiger charge is 2.33. The van der Waals surface area contributed by atoms with Gasteiger partial charge in [0.05, 0.1) is 4.91 Å². The number of carbonyl (C=O) groups excluding carboxylic acids is 1. The topological polar surface area (TPSA) is 66.8 Å².